The number of carbonyl (C=O) groups is 1. The maximum atomic E-state index is 12.3. The summed E-state index contributed by atoms with van der Waals surface area (Å²) in [5, 5.41) is 3.85. The van der Waals surface area contributed by atoms with Crippen molar-refractivity contribution in [3.8, 4) is 0 Å². The molecule has 1 fully saturated rings. The number of pyridine rings is 1. The summed E-state index contributed by atoms with van der Waals surface area (Å²) in [5.74, 6) is 0.263. The van der Waals surface area contributed by atoms with E-state index in [0.29, 0.717) is 6.54 Å². The van der Waals surface area contributed by atoms with Gasteiger partial charge in [0.2, 0.25) is 5.91 Å². The molecule has 0 unspecified atom stereocenters. The first-order valence-corrected chi connectivity index (χ1v) is 8.72. The molecule has 1 aliphatic rings. The second-order valence-electron chi connectivity index (χ2n) is 6.22. The summed E-state index contributed by atoms with van der Waals surface area (Å²) in [4.78, 5) is 18.7. The fourth-order valence-electron chi connectivity index (χ4n) is 3.05. The first-order chi connectivity index (χ1) is 11.7. The molecule has 126 valence electrons. The van der Waals surface area contributed by atoms with Crippen molar-refractivity contribution in [3.05, 3.63) is 64.9 Å². The molecule has 1 saturated heterocycles. The van der Waals surface area contributed by atoms with Gasteiger partial charge in [-0.1, -0.05) is 29.8 Å². The van der Waals surface area contributed by atoms with Crippen LogP contribution < -0.4 is 5.32 Å². The summed E-state index contributed by atoms with van der Waals surface area (Å²) in [7, 11) is 0. The van der Waals surface area contributed by atoms with Crippen molar-refractivity contribution in [3.63, 3.8) is 0 Å². The number of halogens is 1. The standard InChI is InChI=1S/C19H22ClN3O/c20-18-4-2-1-3-17(18)14-23-11-7-16(8-12-23)19(24)22-13-15-5-9-21-10-6-15/h1-6,9-10,16H,7-8,11-14H2,(H,22,24). The summed E-state index contributed by atoms with van der Waals surface area (Å²) in [5.41, 5.74) is 2.23. The van der Waals surface area contributed by atoms with Gasteiger partial charge in [0.1, 0.15) is 0 Å². The molecule has 1 aliphatic heterocycles. The fourth-order valence-corrected chi connectivity index (χ4v) is 3.25. The van der Waals surface area contributed by atoms with Crippen LogP contribution in [0.4, 0.5) is 0 Å². The zero-order valence-corrected chi connectivity index (χ0v) is 14.4. The highest BCUT2D eigenvalue weighted by Crippen LogP contribution is 2.22. The van der Waals surface area contributed by atoms with Gasteiger partial charge in [0.05, 0.1) is 0 Å². The number of piperidine rings is 1. The Labute approximate surface area is 147 Å². The van der Waals surface area contributed by atoms with E-state index in [1.165, 1.54) is 0 Å². The number of hydrogen-bond acceptors (Lipinski definition) is 3. The van der Waals surface area contributed by atoms with E-state index in [1.807, 2.05) is 30.3 Å². The van der Waals surface area contributed by atoms with Crippen molar-refractivity contribution in [1.29, 1.82) is 0 Å². The molecular weight excluding hydrogens is 322 g/mol. The molecule has 2 aromatic rings. The molecule has 1 aromatic carbocycles. The van der Waals surface area contributed by atoms with Gasteiger partial charge in [-0.15, -0.1) is 0 Å². The van der Waals surface area contributed by atoms with Crippen LogP contribution in [-0.2, 0) is 17.9 Å². The zero-order valence-electron chi connectivity index (χ0n) is 13.6. The summed E-state index contributed by atoms with van der Waals surface area (Å²) in [6.07, 6.45) is 5.28. The highest BCUT2D eigenvalue weighted by molar-refractivity contribution is 6.31. The predicted octanol–water partition coefficient (Wildman–Crippen LogP) is 3.26. The molecule has 0 saturated carbocycles. The number of rotatable bonds is 5. The third-order valence-corrected chi connectivity index (χ3v) is 4.89. The molecule has 0 aliphatic carbocycles. The monoisotopic (exact) mass is 343 g/mol. The molecule has 2 heterocycles. The quantitative estimate of drug-likeness (QED) is 0.906. The summed E-state index contributed by atoms with van der Waals surface area (Å²) in [6.45, 7) is 3.28. The second-order valence-corrected chi connectivity index (χ2v) is 6.62. The van der Waals surface area contributed by atoms with E-state index < -0.39 is 0 Å². The van der Waals surface area contributed by atoms with Gasteiger partial charge in [-0.05, 0) is 55.3 Å². The lowest BCUT2D eigenvalue weighted by Crippen LogP contribution is -2.40. The molecule has 24 heavy (non-hydrogen) atoms. The SMILES string of the molecule is O=C(NCc1ccncc1)C1CCN(Cc2ccccc2Cl)CC1. The van der Waals surface area contributed by atoms with Crippen LogP contribution in [0, 0.1) is 5.92 Å². The van der Waals surface area contributed by atoms with Crippen molar-refractivity contribution in [2.45, 2.75) is 25.9 Å². The first-order valence-electron chi connectivity index (χ1n) is 8.35. The Morgan fingerprint density at radius 2 is 1.88 bits per heavy atom. The lowest BCUT2D eigenvalue weighted by atomic mass is 9.95. The number of amides is 1. The van der Waals surface area contributed by atoms with Crippen molar-refractivity contribution in [2.75, 3.05) is 13.1 Å². The van der Waals surface area contributed by atoms with Crippen LogP contribution in [0.3, 0.4) is 0 Å². The van der Waals surface area contributed by atoms with E-state index in [1.54, 1.807) is 12.4 Å². The highest BCUT2D eigenvalue weighted by Gasteiger charge is 2.25. The molecule has 0 bridgehead atoms. The van der Waals surface area contributed by atoms with Gasteiger partial charge in [-0.25, -0.2) is 0 Å². The number of aromatic nitrogens is 1. The molecule has 5 heteroatoms. The van der Waals surface area contributed by atoms with E-state index in [2.05, 4.69) is 21.3 Å². The van der Waals surface area contributed by atoms with Crippen molar-refractivity contribution >= 4 is 17.5 Å². The van der Waals surface area contributed by atoms with Crippen molar-refractivity contribution < 1.29 is 4.79 Å². The molecule has 3 rings (SSSR count). The van der Waals surface area contributed by atoms with E-state index in [0.717, 1.165) is 48.6 Å². The maximum absolute atomic E-state index is 12.3. The van der Waals surface area contributed by atoms with Gasteiger partial charge in [0.25, 0.3) is 0 Å². The molecule has 1 aromatic heterocycles. The van der Waals surface area contributed by atoms with Crippen LogP contribution >= 0.6 is 11.6 Å². The number of hydrogen-bond donors (Lipinski definition) is 1. The number of nitrogens with one attached hydrogen (secondary N) is 1. The van der Waals surface area contributed by atoms with Crippen LogP contribution in [0.5, 0.6) is 0 Å². The van der Waals surface area contributed by atoms with Gasteiger partial charge in [-0.2, -0.15) is 0 Å². The Bertz CT molecular complexity index is 669. The van der Waals surface area contributed by atoms with Gasteiger partial charge in [0, 0.05) is 36.4 Å². The predicted molar refractivity (Wildman–Crippen MR) is 95.5 cm³/mol. The topological polar surface area (TPSA) is 45.2 Å². The van der Waals surface area contributed by atoms with Crippen LogP contribution in [0.25, 0.3) is 0 Å². The average Bonchev–Trinajstić information content (AvgIpc) is 2.63. The fraction of sp³-hybridized carbons (Fsp3) is 0.368. The Hall–Kier alpha value is -1.91. The molecule has 0 atom stereocenters. The first kappa shape index (κ1) is 16.9. The maximum Gasteiger partial charge on any atom is 0.223 e. The van der Waals surface area contributed by atoms with Gasteiger partial charge >= 0.3 is 0 Å². The van der Waals surface area contributed by atoms with E-state index in [4.69, 9.17) is 11.6 Å². The number of nitrogens with zero attached hydrogens (tertiary/aromatic N) is 2. The Kier molecular flexibility index (Phi) is 5.83. The highest BCUT2D eigenvalue weighted by atomic mass is 35.5. The molecule has 0 radical (unpaired) electrons. The third kappa shape index (κ3) is 4.56. The largest absolute Gasteiger partial charge is 0.352 e. The van der Waals surface area contributed by atoms with Gasteiger partial charge in [0.15, 0.2) is 0 Å². The van der Waals surface area contributed by atoms with Crippen LogP contribution in [-0.4, -0.2) is 28.9 Å². The summed E-state index contributed by atoms with van der Waals surface area (Å²) < 4.78 is 0. The van der Waals surface area contributed by atoms with E-state index >= 15 is 0 Å². The lowest BCUT2D eigenvalue weighted by molar-refractivity contribution is -0.126. The van der Waals surface area contributed by atoms with Crippen molar-refractivity contribution in [2.24, 2.45) is 5.92 Å². The average molecular weight is 344 g/mol. The van der Waals surface area contributed by atoms with Gasteiger partial charge < -0.3 is 5.32 Å². The minimum absolute atomic E-state index is 0.106. The Morgan fingerprint density at radius 3 is 2.58 bits per heavy atom. The Balaban J connectivity index is 1.44. The molecule has 1 amide bonds. The summed E-state index contributed by atoms with van der Waals surface area (Å²) >= 11 is 6.23. The smallest absolute Gasteiger partial charge is 0.223 e. The van der Waals surface area contributed by atoms with Gasteiger partial charge in [-0.3, -0.25) is 14.7 Å². The minimum atomic E-state index is 0.106. The molecule has 0 spiro atoms. The third-order valence-electron chi connectivity index (χ3n) is 4.53. The number of carbonyl (C=O) groups excluding carboxylic acids is 1. The normalized spacial score (nSPS) is 16.0. The van der Waals surface area contributed by atoms with E-state index in [9.17, 15) is 4.79 Å². The molecule has 4 nitrogen and oxygen atoms in total. The Morgan fingerprint density at radius 1 is 1.17 bits per heavy atom. The summed E-state index contributed by atoms with van der Waals surface area (Å²) in [6, 6.07) is 11.8. The minimum Gasteiger partial charge on any atom is -0.352 e. The lowest BCUT2D eigenvalue weighted by Gasteiger charge is -2.31. The second kappa shape index (κ2) is 8.27. The van der Waals surface area contributed by atoms with Crippen LogP contribution in [0.1, 0.15) is 24.0 Å². The van der Waals surface area contributed by atoms with E-state index in [-0.39, 0.29) is 11.8 Å². The zero-order chi connectivity index (χ0) is 16.8. The van der Waals surface area contributed by atoms with Crippen molar-refractivity contribution in [1.82, 2.24) is 15.2 Å². The molecule has 1 N–H and O–H groups in total. The van der Waals surface area contributed by atoms with Crippen LogP contribution in [0.15, 0.2) is 48.8 Å². The number of benzene rings is 1. The van der Waals surface area contributed by atoms with Crippen LogP contribution in [0.2, 0.25) is 5.02 Å². The number of likely N-dealkylation sites (tertiary alicyclic amines) is 1. The molecular formula is C19H22ClN3O.